The van der Waals surface area contributed by atoms with Gasteiger partial charge in [0, 0.05) is 44.3 Å². The molecule has 1 unspecified atom stereocenters. The molecule has 0 radical (unpaired) electrons. The second-order valence-electron chi connectivity index (χ2n) is 7.41. The molecule has 4 heterocycles. The molecule has 2 saturated heterocycles. The Morgan fingerprint density at radius 1 is 1.22 bits per heavy atom. The summed E-state index contributed by atoms with van der Waals surface area (Å²) in [7, 11) is 0. The summed E-state index contributed by atoms with van der Waals surface area (Å²) in [4.78, 5) is 18.1. The Morgan fingerprint density at radius 2 is 2.07 bits per heavy atom. The highest BCUT2D eigenvalue weighted by atomic mass is 16.5. The van der Waals surface area contributed by atoms with Crippen LogP contribution < -0.4 is 10.2 Å². The van der Waals surface area contributed by atoms with Crippen molar-refractivity contribution in [1.29, 1.82) is 0 Å². The van der Waals surface area contributed by atoms with Gasteiger partial charge in [-0.25, -0.2) is 4.98 Å². The van der Waals surface area contributed by atoms with E-state index in [0.29, 0.717) is 18.5 Å². The molecule has 0 saturated carbocycles. The highest BCUT2D eigenvalue weighted by Crippen LogP contribution is 2.19. The van der Waals surface area contributed by atoms with Crippen molar-refractivity contribution < 1.29 is 9.26 Å². The van der Waals surface area contributed by atoms with E-state index in [0.717, 1.165) is 63.4 Å². The molecule has 146 valence electrons. The van der Waals surface area contributed by atoms with Crippen LogP contribution in [-0.4, -0.2) is 70.4 Å². The van der Waals surface area contributed by atoms with Crippen LogP contribution in [-0.2, 0) is 11.3 Å². The number of nitrogens with zero attached hydrogens (tertiary/aromatic N) is 6. The molecule has 9 heteroatoms. The van der Waals surface area contributed by atoms with Gasteiger partial charge in [-0.05, 0) is 12.5 Å². The van der Waals surface area contributed by atoms with Crippen molar-refractivity contribution in [2.24, 2.45) is 0 Å². The van der Waals surface area contributed by atoms with Crippen molar-refractivity contribution >= 4 is 11.8 Å². The first-order valence-electron chi connectivity index (χ1n) is 9.64. The second kappa shape index (κ2) is 8.18. The van der Waals surface area contributed by atoms with E-state index in [1.165, 1.54) is 0 Å². The average molecular weight is 373 g/mol. The van der Waals surface area contributed by atoms with E-state index >= 15 is 0 Å². The van der Waals surface area contributed by atoms with Crippen molar-refractivity contribution in [3.63, 3.8) is 0 Å². The molecule has 1 N–H and O–H groups in total. The van der Waals surface area contributed by atoms with E-state index in [-0.39, 0.29) is 5.92 Å². The highest BCUT2D eigenvalue weighted by Gasteiger charge is 2.25. The largest absolute Gasteiger partial charge is 0.378 e. The first-order chi connectivity index (χ1) is 13.2. The lowest BCUT2D eigenvalue weighted by atomic mass is 10.2. The number of rotatable bonds is 6. The van der Waals surface area contributed by atoms with E-state index in [1.54, 1.807) is 0 Å². The lowest BCUT2D eigenvalue weighted by molar-refractivity contribution is 0.122. The normalized spacial score (nSPS) is 21.1. The third kappa shape index (κ3) is 4.54. The predicted octanol–water partition coefficient (Wildman–Crippen LogP) is 1.51. The van der Waals surface area contributed by atoms with E-state index < -0.39 is 0 Å². The van der Waals surface area contributed by atoms with Crippen molar-refractivity contribution in [3.05, 3.63) is 24.0 Å². The Labute approximate surface area is 159 Å². The van der Waals surface area contributed by atoms with E-state index in [9.17, 15) is 0 Å². The Kier molecular flexibility index (Phi) is 5.49. The van der Waals surface area contributed by atoms with Crippen LogP contribution in [0.3, 0.4) is 0 Å². The van der Waals surface area contributed by atoms with Crippen molar-refractivity contribution in [3.8, 4) is 0 Å². The van der Waals surface area contributed by atoms with Crippen LogP contribution >= 0.6 is 0 Å². The Bertz CT molecular complexity index is 745. The van der Waals surface area contributed by atoms with Gasteiger partial charge in [0.2, 0.25) is 11.8 Å². The van der Waals surface area contributed by atoms with Gasteiger partial charge < -0.3 is 19.5 Å². The molecule has 9 nitrogen and oxygen atoms in total. The summed E-state index contributed by atoms with van der Waals surface area (Å²) in [5.41, 5.74) is 0. The fraction of sp³-hybridized carbons (Fsp3) is 0.667. The lowest BCUT2D eigenvalue weighted by Crippen LogP contribution is -2.37. The summed E-state index contributed by atoms with van der Waals surface area (Å²) >= 11 is 0. The van der Waals surface area contributed by atoms with Gasteiger partial charge in [-0.1, -0.05) is 19.0 Å². The van der Waals surface area contributed by atoms with Crippen molar-refractivity contribution in [2.45, 2.75) is 38.8 Å². The average Bonchev–Trinajstić information content (AvgIpc) is 3.33. The smallest absolute Gasteiger partial charge is 0.240 e. The lowest BCUT2D eigenvalue weighted by Gasteiger charge is -2.27. The zero-order valence-electron chi connectivity index (χ0n) is 16.0. The summed E-state index contributed by atoms with van der Waals surface area (Å²) in [6.45, 7) is 9.89. The number of ether oxygens (including phenoxy) is 1. The van der Waals surface area contributed by atoms with Gasteiger partial charge >= 0.3 is 0 Å². The van der Waals surface area contributed by atoms with Crippen molar-refractivity contribution in [1.82, 2.24) is 25.0 Å². The van der Waals surface area contributed by atoms with Crippen LogP contribution in [0.15, 0.2) is 16.8 Å². The minimum Gasteiger partial charge on any atom is -0.378 e. The molecule has 2 aromatic rings. The second-order valence-corrected chi connectivity index (χ2v) is 7.41. The van der Waals surface area contributed by atoms with Crippen LogP contribution in [0.1, 0.15) is 37.9 Å². The van der Waals surface area contributed by atoms with E-state index in [1.807, 2.05) is 12.3 Å². The van der Waals surface area contributed by atoms with Crippen LogP contribution in [0.2, 0.25) is 0 Å². The molecular weight excluding hydrogens is 346 g/mol. The van der Waals surface area contributed by atoms with Crippen LogP contribution in [0.4, 0.5) is 11.8 Å². The number of hydrogen-bond acceptors (Lipinski definition) is 9. The first kappa shape index (κ1) is 18.1. The maximum Gasteiger partial charge on any atom is 0.240 e. The van der Waals surface area contributed by atoms with Crippen LogP contribution in [0.25, 0.3) is 0 Å². The predicted molar refractivity (Wildman–Crippen MR) is 101 cm³/mol. The fourth-order valence-corrected chi connectivity index (χ4v) is 3.41. The number of nitrogens with one attached hydrogen (secondary N) is 1. The molecule has 2 aliphatic heterocycles. The molecule has 0 bridgehead atoms. The summed E-state index contributed by atoms with van der Waals surface area (Å²) in [5.74, 6) is 3.39. The molecule has 27 heavy (non-hydrogen) atoms. The molecule has 2 aromatic heterocycles. The standard InChI is InChI=1S/C18H27N7O2/c1-13(2)17-22-16(27-23-17)12-24-6-4-14(11-24)20-15-3-5-19-18(21-15)25-7-9-26-10-8-25/h3,5,13-14H,4,6-12H2,1-2H3,(H,19,20,21). The molecule has 2 fully saturated rings. The maximum atomic E-state index is 5.40. The monoisotopic (exact) mass is 373 g/mol. The minimum atomic E-state index is 0.286. The number of hydrogen-bond donors (Lipinski definition) is 1. The Hall–Kier alpha value is -2.26. The third-order valence-electron chi connectivity index (χ3n) is 4.92. The SMILES string of the molecule is CC(C)c1noc(CN2CCC(Nc3ccnc(N4CCOCC4)n3)C2)n1. The maximum absolute atomic E-state index is 5.40. The Balaban J connectivity index is 1.31. The summed E-state index contributed by atoms with van der Waals surface area (Å²) in [6, 6.07) is 2.28. The van der Waals surface area contributed by atoms with Gasteiger partial charge in [0.25, 0.3) is 0 Å². The molecule has 0 spiro atoms. The number of likely N-dealkylation sites (tertiary alicyclic amines) is 1. The first-order valence-corrected chi connectivity index (χ1v) is 9.64. The molecule has 1 atom stereocenters. The molecular formula is C18H27N7O2. The van der Waals surface area contributed by atoms with Gasteiger partial charge in [-0.15, -0.1) is 0 Å². The van der Waals surface area contributed by atoms with Gasteiger partial charge in [-0.3, -0.25) is 4.90 Å². The van der Waals surface area contributed by atoms with Gasteiger partial charge in [0.1, 0.15) is 5.82 Å². The van der Waals surface area contributed by atoms with Crippen LogP contribution in [0.5, 0.6) is 0 Å². The summed E-state index contributed by atoms with van der Waals surface area (Å²) in [5, 5.41) is 7.58. The highest BCUT2D eigenvalue weighted by molar-refractivity contribution is 5.42. The fourth-order valence-electron chi connectivity index (χ4n) is 3.41. The van der Waals surface area contributed by atoms with Crippen LogP contribution in [0, 0.1) is 0 Å². The molecule has 0 aromatic carbocycles. The zero-order chi connectivity index (χ0) is 18.6. The van der Waals surface area contributed by atoms with E-state index in [2.05, 4.69) is 49.1 Å². The summed E-state index contributed by atoms with van der Waals surface area (Å²) < 4.78 is 10.8. The minimum absolute atomic E-state index is 0.286. The third-order valence-corrected chi connectivity index (χ3v) is 4.92. The van der Waals surface area contributed by atoms with Gasteiger partial charge in [0.05, 0.1) is 19.8 Å². The quantitative estimate of drug-likeness (QED) is 0.808. The van der Waals surface area contributed by atoms with Gasteiger partial charge in [0.15, 0.2) is 5.82 Å². The van der Waals surface area contributed by atoms with E-state index in [4.69, 9.17) is 9.26 Å². The number of aromatic nitrogens is 4. The Morgan fingerprint density at radius 3 is 2.85 bits per heavy atom. The molecule has 0 amide bonds. The molecule has 4 rings (SSSR count). The topological polar surface area (TPSA) is 92.4 Å². The number of anilines is 2. The van der Waals surface area contributed by atoms with Gasteiger partial charge in [-0.2, -0.15) is 9.97 Å². The van der Waals surface area contributed by atoms with Crippen molar-refractivity contribution in [2.75, 3.05) is 49.6 Å². The zero-order valence-corrected chi connectivity index (χ0v) is 16.0. The molecule has 2 aliphatic rings. The molecule has 0 aliphatic carbocycles. The number of morpholine rings is 1. The summed E-state index contributed by atoms with van der Waals surface area (Å²) in [6.07, 6.45) is 2.88.